The third-order valence-corrected chi connectivity index (χ3v) is 5.05. The predicted molar refractivity (Wildman–Crippen MR) is 95.9 cm³/mol. The Morgan fingerprint density at radius 3 is 2.52 bits per heavy atom. The summed E-state index contributed by atoms with van der Waals surface area (Å²) in [5.74, 6) is 1.39. The van der Waals surface area contributed by atoms with E-state index in [0.717, 1.165) is 11.9 Å². The molecule has 0 saturated heterocycles. The van der Waals surface area contributed by atoms with Crippen LogP contribution < -0.4 is 14.9 Å². The largest absolute Gasteiger partial charge is 0.369 e. The van der Waals surface area contributed by atoms with Crippen molar-refractivity contribution < 1.29 is 12.8 Å². The van der Waals surface area contributed by atoms with Crippen LogP contribution in [0.25, 0.3) is 0 Å². The van der Waals surface area contributed by atoms with Gasteiger partial charge in [0.25, 0.3) is 0 Å². The Morgan fingerprint density at radius 2 is 1.84 bits per heavy atom. The molecule has 136 valence electrons. The zero-order valence-electron chi connectivity index (χ0n) is 14.7. The molecule has 0 aliphatic heterocycles. The maximum Gasteiger partial charge on any atom is 0.240 e. The Bertz CT molecular complexity index is 856. The van der Waals surface area contributed by atoms with Crippen molar-refractivity contribution in [1.82, 2.24) is 14.7 Å². The minimum Gasteiger partial charge on any atom is -0.369 e. The van der Waals surface area contributed by atoms with E-state index in [1.165, 1.54) is 12.1 Å². The summed E-state index contributed by atoms with van der Waals surface area (Å²) in [5, 5.41) is 3.05. The number of sulfonamides is 1. The van der Waals surface area contributed by atoms with E-state index in [9.17, 15) is 12.8 Å². The van der Waals surface area contributed by atoms with E-state index >= 15 is 0 Å². The van der Waals surface area contributed by atoms with Crippen LogP contribution in [0, 0.1) is 19.7 Å². The van der Waals surface area contributed by atoms with Crippen LogP contribution in [-0.2, 0) is 10.0 Å². The molecule has 1 heterocycles. The molecule has 1 aromatic carbocycles. The van der Waals surface area contributed by atoms with Gasteiger partial charge in [-0.2, -0.15) is 0 Å². The molecule has 0 spiro atoms. The van der Waals surface area contributed by atoms with Gasteiger partial charge >= 0.3 is 0 Å². The van der Waals surface area contributed by atoms with Crippen molar-refractivity contribution in [3.8, 4) is 0 Å². The molecular weight excluding hydrogens is 345 g/mol. The van der Waals surface area contributed by atoms with Crippen LogP contribution >= 0.6 is 0 Å². The SMILES string of the molecule is Cc1nc(NCCNS(=O)(=O)c2cc(F)ccc2C)cc(N(C)C)n1. The Balaban J connectivity index is 1.98. The van der Waals surface area contributed by atoms with E-state index in [4.69, 9.17) is 0 Å². The van der Waals surface area contributed by atoms with Crippen LogP contribution in [0.4, 0.5) is 16.0 Å². The molecule has 0 radical (unpaired) electrons. The van der Waals surface area contributed by atoms with E-state index in [1.54, 1.807) is 19.9 Å². The predicted octanol–water partition coefficient (Wildman–Crippen LogP) is 1.69. The molecule has 0 atom stereocenters. The van der Waals surface area contributed by atoms with Crippen LogP contribution in [0.5, 0.6) is 0 Å². The Hall–Kier alpha value is -2.26. The van der Waals surface area contributed by atoms with Gasteiger partial charge in [-0.25, -0.2) is 27.5 Å². The van der Waals surface area contributed by atoms with Crippen molar-refractivity contribution in [1.29, 1.82) is 0 Å². The first-order chi connectivity index (χ1) is 11.7. The van der Waals surface area contributed by atoms with Crippen molar-refractivity contribution in [3.63, 3.8) is 0 Å². The van der Waals surface area contributed by atoms with Crippen molar-refractivity contribution in [3.05, 3.63) is 41.5 Å². The Labute approximate surface area is 147 Å². The highest BCUT2D eigenvalue weighted by Crippen LogP contribution is 2.16. The fourth-order valence-electron chi connectivity index (χ4n) is 2.19. The van der Waals surface area contributed by atoms with Gasteiger partial charge in [-0.15, -0.1) is 0 Å². The van der Waals surface area contributed by atoms with Crippen molar-refractivity contribution >= 4 is 21.7 Å². The zero-order chi connectivity index (χ0) is 18.6. The lowest BCUT2D eigenvalue weighted by Gasteiger charge is -2.14. The molecule has 0 saturated carbocycles. The van der Waals surface area contributed by atoms with Gasteiger partial charge in [-0.05, 0) is 31.5 Å². The van der Waals surface area contributed by atoms with E-state index in [2.05, 4.69) is 20.0 Å². The Morgan fingerprint density at radius 1 is 1.12 bits per heavy atom. The first-order valence-corrected chi connectivity index (χ1v) is 9.20. The highest BCUT2D eigenvalue weighted by atomic mass is 32.2. The van der Waals surface area contributed by atoms with E-state index < -0.39 is 15.8 Å². The maximum absolute atomic E-state index is 13.3. The third kappa shape index (κ3) is 5.10. The first kappa shape index (κ1) is 19.1. The first-order valence-electron chi connectivity index (χ1n) is 7.72. The molecule has 0 bridgehead atoms. The monoisotopic (exact) mass is 367 g/mol. The number of hydrogen-bond donors (Lipinski definition) is 2. The summed E-state index contributed by atoms with van der Waals surface area (Å²) in [6, 6.07) is 5.46. The van der Waals surface area contributed by atoms with Gasteiger partial charge in [-0.3, -0.25) is 0 Å². The van der Waals surface area contributed by atoms with Gasteiger partial charge in [0.1, 0.15) is 23.3 Å². The summed E-state index contributed by atoms with van der Waals surface area (Å²) < 4.78 is 40.3. The zero-order valence-corrected chi connectivity index (χ0v) is 15.5. The number of aromatic nitrogens is 2. The van der Waals surface area contributed by atoms with Crippen LogP contribution in [0.15, 0.2) is 29.2 Å². The summed E-state index contributed by atoms with van der Waals surface area (Å²) in [6.45, 7) is 3.88. The quantitative estimate of drug-likeness (QED) is 0.724. The molecule has 2 rings (SSSR count). The molecule has 2 aromatic rings. The average Bonchev–Trinajstić information content (AvgIpc) is 2.53. The third-order valence-electron chi connectivity index (χ3n) is 3.45. The van der Waals surface area contributed by atoms with Crippen LogP contribution in [0.2, 0.25) is 0 Å². The fourth-order valence-corrected chi connectivity index (χ4v) is 3.47. The Kier molecular flexibility index (Phi) is 5.91. The summed E-state index contributed by atoms with van der Waals surface area (Å²) in [4.78, 5) is 10.3. The fraction of sp³-hybridized carbons (Fsp3) is 0.375. The minimum atomic E-state index is -3.77. The second-order valence-electron chi connectivity index (χ2n) is 5.79. The van der Waals surface area contributed by atoms with Crippen LogP contribution in [0.1, 0.15) is 11.4 Å². The number of aryl methyl sites for hydroxylation is 2. The molecule has 0 aliphatic carbocycles. The molecule has 0 amide bonds. The summed E-state index contributed by atoms with van der Waals surface area (Å²) in [7, 11) is -0.0166. The summed E-state index contributed by atoms with van der Waals surface area (Å²) in [5.41, 5.74) is 0.490. The van der Waals surface area contributed by atoms with Crippen LogP contribution in [-0.4, -0.2) is 45.6 Å². The lowest BCUT2D eigenvalue weighted by Crippen LogP contribution is -2.29. The number of halogens is 1. The maximum atomic E-state index is 13.3. The standard InChI is InChI=1S/C16H22FN5O2S/c1-11-5-6-13(17)9-14(11)25(23,24)19-8-7-18-15-10-16(22(3)4)21-12(2)20-15/h5-6,9-10,19H,7-8H2,1-4H3,(H,18,20,21). The van der Waals surface area contributed by atoms with Crippen molar-refractivity contribution in [2.45, 2.75) is 18.7 Å². The molecule has 7 nitrogen and oxygen atoms in total. The van der Waals surface area contributed by atoms with E-state index in [-0.39, 0.29) is 11.4 Å². The van der Waals surface area contributed by atoms with Gasteiger partial charge < -0.3 is 10.2 Å². The van der Waals surface area contributed by atoms with Crippen molar-refractivity contribution in [2.24, 2.45) is 0 Å². The molecule has 9 heteroatoms. The van der Waals surface area contributed by atoms with Gasteiger partial charge in [0, 0.05) is 33.3 Å². The van der Waals surface area contributed by atoms with Crippen LogP contribution in [0.3, 0.4) is 0 Å². The second kappa shape index (κ2) is 7.75. The van der Waals surface area contributed by atoms with Gasteiger partial charge in [0.05, 0.1) is 4.90 Å². The molecular formula is C16H22FN5O2S. The molecule has 0 unspecified atom stereocenters. The summed E-state index contributed by atoms with van der Waals surface area (Å²) in [6.07, 6.45) is 0. The molecule has 2 N–H and O–H groups in total. The van der Waals surface area contributed by atoms with E-state index in [0.29, 0.717) is 23.8 Å². The highest BCUT2D eigenvalue weighted by molar-refractivity contribution is 7.89. The molecule has 0 aliphatic rings. The topological polar surface area (TPSA) is 87.2 Å². The van der Waals surface area contributed by atoms with Gasteiger partial charge in [-0.1, -0.05) is 6.07 Å². The minimum absolute atomic E-state index is 0.0553. The number of rotatable bonds is 7. The second-order valence-corrected chi connectivity index (χ2v) is 7.52. The number of hydrogen-bond acceptors (Lipinski definition) is 6. The van der Waals surface area contributed by atoms with E-state index in [1.807, 2.05) is 19.0 Å². The van der Waals surface area contributed by atoms with Gasteiger partial charge in [0.2, 0.25) is 10.0 Å². The summed E-state index contributed by atoms with van der Waals surface area (Å²) >= 11 is 0. The lowest BCUT2D eigenvalue weighted by atomic mass is 10.2. The number of nitrogens with zero attached hydrogens (tertiary/aromatic N) is 3. The lowest BCUT2D eigenvalue weighted by molar-refractivity contribution is 0.578. The number of benzene rings is 1. The smallest absolute Gasteiger partial charge is 0.240 e. The molecule has 0 fully saturated rings. The number of nitrogens with one attached hydrogen (secondary N) is 2. The normalized spacial score (nSPS) is 11.4. The number of anilines is 2. The average molecular weight is 367 g/mol. The van der Waals surface area contributed by atoms with Crippen molar-refractivity contribution in [2.75, 3.05) is 37.4 Å². The molecule has 1 aromatic heterocycles. The highest BCUT2D eigenvalue weighted by Gasteiger charge is 2.17. The molecule has 25 heavy (non-hydrogen) atoms. The van der Waals surface area contributed by atoms with Gasteiger partial charge in [0.15, 0.2) is 0 Å².